The van der Waals surface area contributed by atoms with Crippen molar-refractivity contribution in [1.82, 2.24) is 4.90 Å². The van der Waals surface area contributed by atoms with E-state index >= 15 is 0 Å². The molecule has 4 rings (SSSR count). The number of carbonyl (C=O) groups is 1. The highest BCUT2D eigenvalue weighted by Crippen LogP contribution is 2.22. The molecule has 3 aromatic carbocycles. The van der Waals surface area contributed by atoms with Crippen LogP contribution in [0.5, 0.6) is 5.75 Å². The van der Waals surface area contributed by atoms with Crippen molar-refractivity contribution in [3.8, 4) is 17.6 Å². The highest BCUT2D eigenvalue weighted by molar-refractivity contribution is 5.96. The van der Waals surface area contributed by atoms with Gasteiger partial charge in [0.25, 0.3) is 0 Å². The second-order valence-corrected chi connectivity index (χ2v) is 10.6. The molecule has 0 atom stereocenters. The second kappa shape index (κ2) is 13.3. The Morgan fingerprint density at radius 3 is 2.43 bits per heavy atom. The van der Waals surface area contributed by atoms with E-state index in [0.717, 1.165) is 67.8 Å². The topological polar surface area (TPSA) is 29.5 Å². The van der Waals surface area contributed by atoms with E-state index in [2.05, 4.69) is 86.0 Å². The van der Waals surface area contributed by atoms with Crippen molar-refractivity contribution >= 4 is 5.78 Å². The van der Waals surface area contributed by atoms with Crippen molar-refractivity contribution in [3.05, 3.63) is 101 Å². The number of hydrogen-bond donors (Lipinski definition) is 0. The monoisotopic (exact) mass is 493 g/mol. The number of likely N-dealkylation sites (tertiary alicyclic amines) is 1. The average Bonchev–Trinajstić information content (AvgIpc) is 2.90. The minimum absolute atomic E-state index is 0.189. The first-order chi connectivity index (χ1) is 17.9. The molecule has 0 spiro atoms. The van der Waals surface area contributed by atoms with Crippen LogP contribution >= 0.6 is 0 Å². The van der Waals surface area contributed by atoms with Crippen molar-refractivity contribution in [2.45, 2.75) is 65.5 Å². The van der Waals surface area contributed by atoms with Gasteiger partial charge in [-0.2, -0.15) is 0 Å². The summed E-state index contributed by atoms with van der Waals surface area (Å²) in [5, 5.41) is 0. The maximum atomic E-state index is 12.6. The first-order valence-electron chi connectivity index (χ1n) is 13.6. The smallest absolute Gasteiger partial charge is 0.163 e. The summed E-state index contributed by atoms with van der Waals surface area (Å²) in [6.45, 7) is 9.40. The molecule has 0 N–H and O–H groups in total. The third kappa shape index (κ3) is 8.62. The van der Waals surface area contributed by atoms with Gasteiger partial charge in [0.2, 0.25) is 0 Å². The van der Waals surface area contributed by atoms with Crippen LogP contribution in [0.2, 0.25) is 0 Å². The zero-order chi connectivity index (χ0) is 26.0. The Morgan fingerprint density at radius 2 is 1.68 bits per heavy atom. The van der Waals surface area contributed by atoms with E-state index in [4.69, 9.17) is 4.74 Å². The van der Waals surface area contributed by atoms with Gasteiger partial charge in [-0.25, -0.2) is 0 Å². The van der Waals surface area contributed by atoms with Gasteiger partial charge in [-0.1, -0.05) is 74.1 Å². The fourth-order valence-corrected chi connectivity index (χ4v) is 4.72. The van der Waals surface area contributed by atoms with E-state index in [-0.39, 0.29) is 11.9 Å². The lowest BCUT2D eigenvalue weighted by Gasteiger charge is -2.32. The molecule has 1 heterocycles. The Labute approximate surface area is 222 Å². The third-order valence-electron chi connectivity index (χ3n) is 6.91. The largest absolute Gasteiger partial charge is 0.490 e. The molecule has 37 heavy (non-hydrogen) atoms. The Balaban J connectivity index is 1.26. The van der Waals surface area contributed by atoms with Crippen LogP contribution in [0.15, 0.2) is 72.8 Å². The molecule has 3 heteroatoms. The summed E-state index contributed by atoms with van der Waals surface area (Å²) in [5.41, 5.74) is 5.40. The van der Waals surface area contributed by atoms with Gasteiger partial charge in [-0.15, -0.1) is 0 Å². The number of piperidine rings is 1. The fraction of sp³-hybridized carbons (Fsp3) is 0.382. The predicted molar refractivity (Wildman–Crippen MR) is 152 cm³/mol. The molecule has 0 unspecified atom stereocenters. The van der Waals surface area contributed by atoms with Crippen molar-refractivity contribution < 1.29 is 9.53 Å². The molecule has 0 radical (unpaired) electrons. The first kappa shape index (κ1) is 26.7. The van der Waals surface area contributed by atoms with Crippen molar-refractivity contribution in [2.75, 3.05) is 13.1 Å². The van der Waals surface area contributed by atoms with Crippen LogP contribution in [0.25, 0.3) is 0 Å². The van der Waals surface area contributed by atoms with Crippen molar-refractivity contribution in [2.24, 2.45) is 5.92 Å². The highest BCUT2D eigenvalue weighted by Gasteiger charge is 2.21. The van der Waals surface area contributed by atoms with Gasteiger partial charge in [-0.3, -0.25) is 9.69 Å². The molecule has 0 amide bonds. The van der Waals surface area contributed by atoms with Gasteiger partial charge in [0.1, 0.15) is 11.9 Å². The zero-order valence-corrected chi connectivity index (χ0v) is 22.5. The van der Waals surface area contributed by atoms with Gasteiger partial charge in [0.05, 0.1) is 0 Å². The third-order valence-corrected chi connectivity index (χ3v) is 6.91. The van der Waals surface area contributed by atoms with Crippen molar-refractivity contribution in [3.63, 3.8) is 0 Å². The molecule has 192 valence electrons. The number of hydrogen-bond acceptors (Lipinski definition) is 3. The molecule has 1 saturated heterocycles. The summed E-state index contributed by atoms with van der Waals surface area (Å²) in [5.74, 6) is 8.24. The lowest BCUT2D eigenvalue weighted by molar-refractivity contribution is 0.0950. The lowest BCUT2D eigenvalue weighted by Crippen LogP contribution is -2.37. The van der Waals surface area contributed by atoms with Crippen LogP contribution in [-0.2, 0) is 6.54 Å². The van der Waals surface area contributed by atoms with Gasteiger partial charge >= 0.3 is 0 Å². The van der Waals surface area contributed by atoms with Crippen molar-refractivity contribution in [1.29, 1.82) is 0 Å². The quantitative estimate of drug-likeness (QED) is 0.229. The van der Waals surface area contributed by atoms with Gasteiger partial charge < -0.3 is 4.74 Å². The Kier molecular flexibility index (Phi) is 9.58. The molecule has 0 bridgehead atoms. The molecule has 0 aromatic heterocycles. The average molecular weight is 494 g/mol. The van der Waals surface area contributed by atoms with E-state index in [0.29, 0.717) is 12.3 Å². The molecule has 3 nitrogen and oxygen atoms in total. The first-order valence-corrected chi connectivity index (χ1v) is 13.6. The standard InChI is InChI=1S/C34H39NO2/c1-26(2)7-4-12-34(36)31-10-6-11-33(24-31)37-32-19-21-35(22-20-32)25-30-9-5-8-29(23-30)18-17-28-15-13-27(3)14-16-28/h5-6,8-11,13-16,23-24,26,32H,4,7,12,19-22,25H2,1-3H3. The maximum Gasteiger partial charge on any atom is 0.163 e. The Hall–Kier alpha value is -3.35. The summed E-state index contributed by atoms with van der Waals surface area (Å²) in [6, 6.07) is 24.6. The normalized spacial score (nSPS) is 14.3. The summed E-state index contributed by atoms with van der Waals surface area (Å²) in [4.78, 5) is 15.1. The number of Topliss-reactive ketones (excluding diaryl/α,β-unsaturated/α-hetero) is 1. The van der Waals surface area contributed by atoms with Crippen LogP contribution in [0.4, 0.5) is 0 Å². The van der Waals surface area contributed by atoms with Crippen LogP contribution in [0, 0.1) is 24.7 Å². The zero-order valence-electron chi connectivity index (χ0n) is 22.5. The number of rotatable bonds is 9. The molecular formula is C34H39NO2. The van der Waals surface area contributed by atoms with Crippen LogP contribution < -0.4 is 4.74 Å². The fourth-order valence-electron chi connectivity index (χ4n) is 4.72. The molecule has 0 aliphatic carbocycles. The number of nitrogens with zero attached hydrogens (tertiary/aromatic N) is 1. The summed E-state index contributed by atoms with van der Waals surface area (Å²) in [7, 11) is 0. The second-order valence-electron chi connectivity index (χ2n) is 10.6. The molecule has 1 aliphatic rings. The molecule has 1 aliphatic heterocycles. The SMILES string of the molecule is Cc1ccc(C#Cc2cccc(CN3CCC(Oc4cccc(C(=O)CCCC(C)C)c4)CC3)c2)cc1. The summed E-state index contributed by atoms with van der Waals surface area (Å²) in [6.07, 6.45) is 4.81. The van der Waals surface area contributed by atoms with E-state index < -0.39 is 0 Å². The summed E-state index contributed by atoms with van der Waals surface area (Å²) < 4.78 is 6.29. The number of aryl methyl sites for hydroxylation is 1. The van der Waals surface area contributed by atoms with Crippen LogP contribution in [0.3, 0.4) is 0 Å². The Bertz CT molecular complexity index is 1220. The van der Waals surface area contributed by atoms with E-state index in [1.807, 2.05) is 24.3 Å². The number of benzene rings is 3. The summed E-state index contributed by atoms with van der Waals surface area (Å²) >= 11 is 0. The van der Waals surface area contributed by atoms with E-state index in [1.165, 1.54) is 11.1 Å². The van der Waals surface area contributed by atoms with E-state index in [9.17, 15) is 4.79 Å². The number of ether oxygens (including phenoxy) is 1. The van der Waals surface area contributed by atoms with E-state index in [1.54, 1.807) is 0 Å². The van der Waals surface area contributed by atoms with Gasteiger partial charge in [0.15, 0.2) is 5.78 Å². The van der Waals surface area contributed by atoms with Gasteiger partial charge in [-0.05, 0) is 74.1 Å². The molecule has 0 saturated carbocycles. The van der Waals surface area contributed by atoms with Crippen LogP contribution in [-0.4, -0.2) is 29.9 Å². The minimum atomic E-state index is 0.189. The maximum absolute atomic E-state index is 12.6. The molecule has 1 fully saturated rings. The Morgan fingerprint density at radius 1 is 0.946 bits per heavy atom. The number of ketones is 1. The minimum Gasteiger partial charge on any atom is -0.490 e. The molecule has 3 aromatic rings. The van der Waals surface area contributed by atoms with Gasteiger partial charge in [0, 0.05) is 42.7 Å². The molecular weight excluding hydrogens is 454 g/mol. The van der Waals surface area contributed by atoms with Crippen LogP contribution in [0.1, 0.15) is 78.6 Å². The number of carbonyl (C=O) groups excluding carboxylic acids is 1. The lowest BCUT2D eigenvalue weighted by atomic mass is 10.0. The predicted octanol–water partition coefficient (Wildman–Crippen LogP) is 7.45. The highest BCUT2D eigenvalue weighted by atomic mass is 16.5.